The molecule has 0 amide bonds. The van der Waals surface area contributed by atoms with Crippen LogP contribution in [0.2, 0.25) is 0 Å². The Morgan fingerprint density at radius 1 is 0.527 bits per heavy atom. The topological polar surface area (TPSA) is 102 Å². The first-order valence-corrected chi connectivity index (χ1v) is 23.5. The molecule has 55 heavy (non-hydrogen) atoms. The third-order valence-electron chi connectivity index (χ3n) is 11.0. The second-order valence-electron chi connectivity index (χ2n) is 15.6. The molecular weight excluding hydrogens is 725 g/mol. The molecule has 0 spiro atoms. The fourth-order valence-electron chi connectivity index (χ4n) is 7.18. The van der Waals surface area contributed by atoms with Crippen molar-refractivity contribution < 1.29 is 9.13 Å². The molecule has 0 saturated carbocycles. The van der Waals surface area contributed by atoms with Gasteiger partial charge in [-0.25, -0.2) is 13.9 Å². The van der Waals surface area contributed by atoms with Crippen molar-refractivity contribution in [3.8, 4) is 0 Å². The molecule has 2 N–H and O–H groups in total. The van der Waals surface area contributed by atoms with Gasteiger partial charge >= 0.3 is 16.0 Å². The summed E-state index contributed by atoms with van der Waals surface area (Å²) in [5, 5.41) is 9.34. The molecule has 4 rings (SSSR count). The second-order valence-corrected chi connectivity index (χ2v) is 17.7. The molecule has 6 bridgehead atoms. The highest BCUT2D eigenvalue weighted by Crippen LogP contribution is 2.20. The minimum atomic E-state index is -0.154. The maximum Gasteiger partial charge on any atom is 0.361 e. The lowest BCUT2D eigenvalue weighted by molar-refractivity contribution is -0.718. The third-order valence-corrected chi connectivity index (χ3v) is 13.2. The maximum absolute atomic E-state index is 13.3. The van der Waals surface area contributed by atoms with E-state index in [2.05, 4.69) is 59.8 Å². The summed E-state index contributed by atoms with van der Waals surface area (Å²) in [5.41, 5.74) is 2.94. The van der Waals surface area contributed by atoms with Crippen molar-refractivity contribution in [3.63, 3.8) is 0 Å². The smallest absolute Gasteiger partial charge is 0.349 e. The zero-order chi connectivity index (χ0) is 39.3. The Bertz CT molecular complexity index is 1710. The highest BCUT2D eigenvalue weighted by Gasteiger charge is 2.17. The summed E-state index contributed by atoms with van der Waals surface area (Å²) in [6, 6.07) is 5.97. The van der Waals surface area contributed by atoms with Crippen LogP contribution >= 0.6 is 23.5 Å². The first-order valence-electron chi connectivity index (χ1n) is 21.5. The average Bonchev–Trinajstić information content (AvgIpc) is 3.15. The van der Waals surface area contributed by atoms with Crippen LogP contribution in [0.3, 0.4) is 0 Å². The van der Waals surface area contributed by atoms with Gasteiger partial charge in [0, 0.05) is 61.6 Å². The van der Waals surface area contributed by atoms with E-state index in [-0.39, 0.29) is 11.2 Å². The zero-order valence-corrected chi connectivity index (χ0v) is 36.6. The predicted octanol–water partition coefficient (Wildman–Crippen LogP) is 8.60. The first kappa shape index (κ1) is 44.8. The molecule has 10 nitrogen and oxygen atoms in total. The van der Waals surface area contributed by atoms with Gasteiger partial charge in [-0.15, -0.1) is 0 Å². The van der Waals surface area contributed by atoms with E-state index in [4.69, 9.17) is 9.97 Å². The fourth-order valence-corrected chi connectivity index (χ4v) is 9.25. The Hall–Kier alpha value is -2.86. The van der Waals surface area contributed by atoms with Crippen LogP contribution in [-0.4, -0.2) is 43.7 Å². The van der Waals surface area contributed by atoms with Crippen LogP contribution in [0.1, 0.15) is 145 Å². The SMILES string of the molecule is Cc1cc(=O)n2c(=O)n1CCCCCCCCCCSc1nc(cc(C)[n+]1C)NCCCCCCNc1cc(C)[n+](C)c(n1)SCCCCCCCCCC2. The lowest BCUT2D eigenvalue weighted by Gasteiger charge is -2.13. The molecule has 0 saturated heterocycles. The highest BCUT2D eigenvalue weighted by atomic mass is 32.2. The minimum Gasteiger partial charge on any atom is -0.349 e. The van der Waals surface area contributed by atoms with Crippen LogP contribution in [0.4, 0.5) is 11.6 Å². The fraction of sp³-hybridized carbons (Fsp3) is 0.721. The van der Waals surface area contributed by atoms with Crippen molar-refractivity contribution in [3.05, 3.63) is 56.1 Å². The second kappa shape index (κ2) is 25.4. The number of aromatic nitrogens is 6. The third kappa shape index (κ3) is 15.9. The first-order chi connectivity index (χ1) is 26.7. The maximum atomic E-state index is 13.3. The molecule has 0 fully saturated rings. The number of aryl methyl sites for hydroxylation is 3. The van der Waals surface area contributed by atoms with Gasteiger partial charge in [0.25, 0.3) is 5.56 Å². The number of hydrogen-bond donors (Lipinski definition) is 2. The zero-order valence-electron chi connectivity index (χ0n) is 34.9. The van der Waals surface area contributed by atoms with Crippen molar-refractivity contribution in [2.45, 2.75) is 173 Å². The van der Waals surface area contributed by atoms with Gasteiger partial charge in [-0.3, -0.25) is 13.9 Å². The van der Waals surface area contributed by atoms with Gasteiger partial charge < -0.3 is 10.6 Å². The summed E-state index contributed by atoms with van der Waals surface area (Å²) in [7, 11) is 4.23. The van der Waals surface area contributed by atoms with Crippen LogP contribution in [-0.2, 0) is 27.2 Å². The molecule has 12 heteroatoms. The predicted molar refractivity (Wildman–Crippen MR) is 231 cm³/mol. The van der Waals surface area contributed by atoms with Crippen LogP contribution < -0.4 is 31.0 Å². The standard InChI is InChI=1S/C43H70N8O2S2/c1-35-32-38-44-26-20-14-15-21-27-45-39-33-36(2)49(5)42(47-39)55-31-25-19-13-9-7-11-17-23-29-51-40(52)34-37(3)50(43(51)53)28-22-16-10-6-8-12-18-24-30-54-41(46-38)48(35)4/h32-34H,6-31H2,1-5H3/p+2. The number of nitrogens with zero attached hydrogens (tertiary/aromatic N) is 6. The molecule has 1 aliphatic rings. The molecule has 1 aliphatic heterocycles. The molecule has 306 valence electrons. The van der Waals surface area contributed by atoms with E-state index in [0.717, 1.165) is 97.2 Å². The Labute approximate surface area is 340 Å². The summed E-state index contributed by atoms with van der Waals surface area (Å²) in [4.78, 5) is 35.9. The Kier molecular flexibility index (Phi) is 20.7. The van der Waals surface area contributed by atoms with Crippen molar-refractivity contribution in [2.75, 3.05) is 35.2 Å². The summed E-state index contributed by atoms with van der Waals surface area (Å²) in [6.45, 7) is 9.32. The Morgan fingerprint density at radius 2 is 0.909 bits per heavy atom. The van der Waals surface area contributed by atoms with Crippen LogP contribution in [0.5, 0.6) is 0 Å². The molecule has 0 radical (unpaired) electrons. The number of hydrogen-bond acceptors (Lipinski definition) is 8. The lowest BCUT2D eigenvalue weighted by atomic mass is 10.1. The van der Waals surface area contributed by atoms with E-state index in [1.807, 2.05) is 35.0 Å². The van der Waals surface area contributed by atoms with Gasteiger partial charge in [0.15, 0.2) is 0 Å². The van der Waals surface area contributed by atoms with Crippen molar-refractivity contribution >= 4 is 35.2 Å². The summed E-state index contributed by atoms with van der Waals surface area (Å²) < 4.78 is 7.70. The van der Waals surface area contributed by atoms with Gasteiger partial charge in [-0.2, -0.15) is 0 Å². The molecule has 0 aliphatic carbocycles. The van der Waals surface area contributed by atoms with Gasteiger partial charge in [0.05, 0.1) is 14.1 Å². The quantitative estimate of drug-likeness (QED) is 0.172. The molecule has 4 heterocycles. The monoisotopic (exact) mass is 797 g/mol. The van der Waals surface area contributed by atoms with E-state index in [9.17, 15) is 9.59 Å². The molecule has 0 aromatic carbocycles. The number of anilines is 2. The van der Waals surface area contributed by atoms with Crippen molar-refractivity contribution in [2.24, 2.45) is 14.1 Å². The van der Waals surface area contributed by atoms with Gasteiger partial charge in [-0.05, 0) is 92.8 Å². The van der Waals surface area contributed by atoms with E-state index in [0.29, 0.717) is 13.1 Å². The average molecular weight is 797 g/mol. The summed E-state index contributed by atoms with van der Waals surface area (Å²) in [5.74, 6) is 4.13. The molecule has 0 atom stereocenters. The normalized spacial score (nSPS) is 18.1. The largest absolute Gasteiger partial charge is 0.361 e. The summed E-state index contributed by atoms with van der Waals surface area (Å²) in [6.07, 6.45) is 23.4. The van der Waals surface area contributed by atoms with E-state index < -0.39 is 0 Å². The van der Waals surface area contributed by atoms with Crippen molar-refractivity contribution in [1.29, 1.82) is 0 Å². The lowest BCUT2D eigenvalue weighted by Crippen LogP contribution is -2.40. The number of rotatable bonds is 0. The van der Waals surface area contributed by atoms with E-state index in [1.54, 1.807) is 6.07 Å². The van der Waals surface area contributed by atoms with Gasteiger partial charge in [0.1, 0.15) is 11.4 Å². The van der Waals surface area contributed by atoms with Crippen LogP contribution in [0.15, 0.2) is 38.1 Å². The minimum absolute atomic E-state index is 0.130. The van der Waals surface area contributed by atoms with Gasteiger partial charge in [-0.1, -0.05) is 89.9 Å². The Morgan fingerprint density at radius 3 is 1.36 bits per heavy atom. The molecule has 3 aromatic heterocycles. The molecule has 0 unspecified atom stereocenters. The molecule has 3 aromatic rings. The molecular formula is C43H72N8O2S2+2. The number of fused-ring (bicyclic) bond motifs is 6. The van der Waals surface area contributed by atoms with E-state index in [1.165, 1.54) is 99.4 Å². The van der Waals surface area contributed by atoms with Gasteiger partial charge in [0.2, 0.25) is 11.6 Å². The Balaban J connectivity index is 1.27. The van der Waals surface area contributed by atoms with Crippen LogP contribution in [0.25, 0.3) is 0 Å². The number of nitrogens with one attached hydrogen (secondary N) is 2. The van der Waals surface area contributed by atoms with Crippen LogP contribution in [0, 0.1) is 20.8 Å². The van der Waals surface area contributed by atoms with Crippen molar-refractivity contribution in [1.82, 2.24) is 19.1 Å². The number of thioether (sulfide) groups is 2. The summed E-state index contributed by atoms with van der Waals surface area (Å²) >= 11 is 3.73. The van der Waals surface area contributed by atoms with E-state index >= 15 is 0 Å². The highest BCUT2D eigenvalue weighted by molar-refractivity contribution is 7.99.